The minimum atomic E-state index is -2.26. The number of ether oxygens (including phenoxy) is 2. The third-order valence-electron chi connectivity index (χ3n) is 7.93. The van der Waals surface area contributed by atoms with E-state index in [1.165, 1.54) is 18.4 Å². The minimum absolute atomic E-state index is 0.0639. The van der Waals surface area contributed by atoms with Crippen molar-refractivity contribution in [3.8, 4) is 11.5 Å². The summed E-state index contributed by atoms with van der Waals surface area (Å²) < 4.78 is 11.3. The van der Waals surface area contributed by atoms with E-state index in [1.807, 2.05) is 24.3 Å². The molecular formula is C32H35NO7. The predicted octanol–water partition coefficient (Wildman–Crippen LogP) is 3.73. The Bertz CT molecular complexity index is 1300. The first-order valence-corrected chi connectivity index (χ1v) is 13.8. The van der Waals surface area contributed by atoms with Gasteiger partial charge >= 0.3 is 11.9 Å². The van der Waals surface area contributed by atoms with Crippen LogP contribution in [0, 0.1) is 0 Å². The summed E-state index contributed by atoms with van der Waals surface area (Å²) in [6, 6.07) is 24.1. The normalized spacial score (nSPS) is 20.4. The van der Waals surface area contributed by atoms with E-state index in [0.717, 1.165) is 54.9 Å². The molecule has 3 aromatic rings. The number of carbonyl (C=O) groups excluding carboxylic acids is 1. The van der Waals surface area contributed by atoms with Crippen molar-refractivity contribution in [1.82, 2.24) is 4.90 Å². The fraction of sp³-hybridized carbons (Fsp3) is 0.375. The molecule has 0 saturated carbocycles. The van der Waals surface area contributed by atoms with Crippen LogP contribution in [0.3, 0.4) is 0 Å². The van der Waals surface area contributed by atoms with Gasteiger partial charge in [0.25, 0.3) is 0 Å². The van der Waals surface area contributed by atoms with E-state index in [4.69, 9.17) is 14.6 Å². The van der Waals surface area contributed by atoms with E-state index >= 15 is 0 Å². The molecule has 2 aliphatic rings. The number of aliphatic carboxylic acids is 1. The lowest BCUT2D eigenvalue weighted by molar-refractivity contribution is -0.164. The fourth-order valence-electron chi connectivity index (χ4n) is 5.84. The highest BCUT2D eigenvalue weighted by atomic mass is 16.6. The van der Waals surface area contributed by atoms with Crippen LogP contribution in [0.5, 0.6) is 11.5 Å². The highest BCUT2D eigenvalue weighted by Gasteiger charge is 2.34. The molecule has 0 unspecified atom stereocenters. The largest absolute Gasteiger partial charge is 0.492 e. The molecule has 8 heteroatoms. The summed E-state index contributed by atoms with van der Waals surface area (Å²) in [7, 11) is 0. The highest BCUT2D eigenvalue weighted by molar-refractivity contribution is 5.85. The van der Waals surface area contributed by atoms with E-state index in [2.05, 4.69) is 41.3 Å². The zero-order chi connectivity index (χ0) is 28.1. The summed E-state index contributed by atoms with van der Waals surface area (Å²) in [6.45, 7) is 3.90. The molecule has 0 spiro atoms. The summed E-state index contributed by atoms with van der Waals surface area (Å²) in [6.07, 6.45) is -0.268. The van der Waals surface area contributed by atoms with Gasteiger partial charge in [-0.2, -0.15) is 0 Å². The van der Waals surface area contributed by atoms with Crippen molar-refractivity contribution >= 4 is 11.9 Å². The Morgan fingerprint density at radius 1 is 0.875 bits per heavy atom. The number of carboxylic acid groups (broad SMARTS) is 1. The van der Waals surface area contributed by atoms with Gasteiger partial charge in [0, 0.05) is 12.5 Å². The number of nitrogens with zero attached hydrogens (tertiary/aromatic N) is 1. The number of aliphatic hydroxyl groups is 2. The van der Waals surface area contributed by atoms with Gasteiger partial charge in [-0.1, -0.05) is 48.5 Å². The molecule has 0 aromatic heterocycles. The minimum Gasteiger partial charge on any atom is -0.492 e. The van der Waals surface area contributed by atoms with Gasteiger partial charge < -0.3 is 24.8 Å². The van der Waals surface area contributed by atoms with Crippen LogP contribution in [-0.2, 0) is 16.0 Å². The van der Waals surface area contributed by atoms with Crippen LogP contribution in [0.1, 0.15) is 53.4 Å². The zero-order valence-electron chi connectivity index (χ0n) is 22.3. The van der Waals surface area contributed by atoms with Gasteiger partial charge in [-0.25, -0.2) is 9.59 Å². The van der Waals surface area contributed by atoms with E-state index in [0.29, 0.717) is 6.61 Å². The van der Waals surface area contributed by atoms with Crippen LogP contribution in [0.4, 0.5) is 0 Å². The molecule has 8 nitrogen and oxygen atoms in total. The topological polar surface area (TPSA) is 117 Å². The van der Waals surface area contributed by atoms with Crippen molar-refractivity contribution in [2.45, 2.75) is 49.7 Å². The third kappa shape index (κ3) is 6.36. The SMILES string of the molecule is O=C(O)[C@@H](O)[C@H](O)C(=O)Oc1ccc2c(c1)CC[C@H](c1ccccc1)[C@@H]2c1ccc(OCCN2CCCC2)cc1. The molecule has 1 aliphatic heterocycles. The number of esters is 1. The summed E-state index contributed by atoms with van der Waals surface area (Å²) >= 11 is 0. The molecule has 3 aromatic carbocycles. The third-order valence-corrected chi connectivity index (χ3v) is 7.93. The van der Waals surface area contributed by atoms with E-state index in [-0.39, 0.29) is 17.6 Å². The summed E-state index contributed by atoms with van der Waals surface area (Å²) in [4.78, 5) is 25.6. The van der Waals surface area contributed by atoms with Gasteiger partial charge in [0.05, 0.1) is 0 Å². The van der Waals surface area contributed by atoms with E-state index in [9.17, 15) is 19.8 Å². The number of aryl methyl sites for hydroxylation is 1. The van der Waals surface area contributed by atoms with Crippen molar-refractivity contribution in [2.24, 2.45) is 0 Å². The Labute approximate surface area is 233 Å². The first kappa shape index (κ1) is 27.8. The lowest BCUT2D eigenvalue weighted by Gasteiger charge is -2.35. The summed E-state index contributed by atoms with van der Waals surface area (Å²) in [5.74, 6) is -1.57. The second-order valence-corrected chi connectivity index (χ2v) is 10.5. The molecule has 1 fully saturated rings. The fourth-order valence-corrected chi connectivity index (χ4v) is 5.84. The summed E-state index contributed by atoms with van der Waals surface area (Å²) in [5.41, 5.74) is 4.55. The quantitative estimate of drug-likeness (QED) is 0.261. The van der Waals surface area contributed by atoms with Gasteiger partial charge in [-0.3, -0.25) is 4.90 Å². The molecule has 1 saturated heterocycles. The number of carboxylic acids is 1. The Kier molecular flexibility index (Phi) is 8.79. The average Bonchev–Trinajstić information content (AvgIpc) is 3.50. The second-order valence-electron chi connectivity index (χ2n) is 10.5. The van der Waals surface area contributed by atoms with Crippen molar-refractivity contribution in [3.05, 3.63) is 95.1 Å². The molecule has 4 atom stereocenters. The van der Waals surface area contributed by atoms with Crippen LogP contribution in [0.15, 0.2) is 72.8 Å². The maximum atomic E-state index is 12.2. The van der Waals surface area contributed by atoms with Crippen LogP contribution < -0.4 is 9.47 Å². The Morgan fingerprint density at radius 3 is 2.27 bits per heavy atom. The van der Waals surface area contributed by atoms with Crippen LogP contribution in [-0.4, -0.2) is 70.6 Å². The Hall–Kier alpha value is -3.72. The van der Waals surface area contributed by atoms with E-state index < -0.39 is 24.1 Å². The molecule has 0 bridgehead atoms. The van der Waals surface area contributed by atoms with Gasteiger partial charge in [0.2, 0.25) is 0 Å². The van der Waals surface area contributed by atoms with E-state index in [1.54, 1.807) is 12.1 Å². The van der Waals surface area contributed by atoms with Crippen molar-refractivity contribution < 1.29 is 34.4 Å². The highest BCUT2D eigenvalue weighted by Crippen LogP contribution is 2.47. The molecule has 3 N–H and O–H groups in total. The van der Waals surface area contributed by atoms with Crippen LogP contribution >= 0.6 is 0 Å². The van der Waals surface area contributed by atoms with Gasteiger partial charge in [0.1, 0.15) is 18.1 Å². The predicted molar refractivity (Wildman–Crippen MR) is 149 cm³/mol. The smallest absolute Gasteiger partial charge is 0.343 e. The lowest BCUT2D eigenvalue weighted by atomic mass is 9.69. The monoisotopic (exact) mass is 545 g/mol. The Balaban J connectivity index is 1.36. The van der Waals surface area contributed by atoms with Crippen molar-refractivity contribution in [1.29, 1.82) is 0 Å². The molecule has 5 rings (SSSR count). The number of aliphatic hydroxyl groups excluding tert-OH is 2. The molecule has 1 heterocycles. The van der Waals surface area contributed by atoms with Gasteiger partial charge in [-0.15, -0.1) is 0 Å². The van der Waals surface area contributed by atoms with Crippen LogP contribution in [0.25, 0.3) is 0 Å². The molecule has 0 radical (unpaired) electrons. The number of hydrogen-bond acceptors (Lipinski definition) is 7. The maximum absolute atomic E-state index is 12.2. The first-order valence-electron chi connectivity index (χ1n) is 13.8. The molecule has 1 aliphatic carbocycles. The standard InChI is InChI=1S/C32H35NO7/c34-29(31(36)37)30(35)32(38)40-25-13-15-27-23(20-25)10-14-26(21-6-2-1-3-7-21)28(27)22-8-11-24(12-9-22)39-19-18-33-16-4-5-17-33/h1-3,6-9,11-13,15,20,26,28-30,34-35H,4-5,10,14,16-19H2,(H,36,37)/t26-,28+,29+,30+/m1/s1. The molecule has 40 heavy (non-hydrogen) atoms. The van der Waals surface area contributed by atoms with Crippen molar-refractivity contribution in [3.63, 3.8) is 0 Å². The zero-order valence-corrected chi connectivity index (χ0v) is 22.3. The van der Waals surface area contributed by atoms with Gasteiger partial charge in [0.15, 0.2) is 12.2 Å². The lowest BCUT2D eigenvalue weighted by Crippen LogP contribution is -2.41. The number of hydrogen-bond donors (Lipinski definition) is 3. The molecule has 0 amide bonds. The first-order chi connectivity index (χ1) is 19.4. The Morgan fingerprint density at radius 2 is 1.57 bits per heavy atom. The number of rotatable bonds is 10. The molecule has 210 valence electrons. The number of benzene rings is 3. The van der Waals surface area contributed by atoms with Crippen molar-refractivity contribution in [2.75, 3.05) is 26.2 Å². The van der Waals surface area contributed by atoms with Gasteiger partial charge in [-0.05, 0) is 91.2 Å². The second kappa shape index (κ2) is 12.6. The number of fused-ring (bicyclic) bond motifs is 1. The summed E-state index contributed by atoms with van der Waals surface area (Å²) in [5, 5.41) is 28.2. The average molecular weight is 546 g/mol. The maximum Gasteiger partial charge on any atom is 0.343 e. The number of likely N-dealkylation sites (tertiary alicyclic amines) is 1. The molecular weight excluding hydrogens is 510 g/mol. The van der Waals surface area contributed by atoms with Crippen LogP contribution in [0.2, 0.25) is 0 Å². The number of carbonyl (C=O) groups is 2.